The number of carbonyl (C=O) groups excluding carboxylic acids is 1. The van der Waals surface area contributed by atoms with Crippen LogP contribution >= 0.6 is 0 Å². The van der Waals surface area contributed by atoms with Gasteiger partial charge >= 0.3 is 0 Å². The zero-order valence-electron chi connectivity index (χ0n) is 10.8. The van der Waals surface area contributed by atoms with Gasteiger partial charge in [-0.15, -0.1) is 0 Å². The van der Waals surface area contributed by atoms with Gasteiger partial charge in [0.2, 0.25) is 5.91 Å². The van der Waals surface area contributed by atoms with E-state index in [1.165, 1.54) is 4.68 Å². The number of carbonyl (C=O) groups is 1. The SMILES string of the molecule is Cc1ccc(NC(=O)Cn2cc(C)c(N)n2)c(O)c1. The lowest BCUT2D eigenvalue weighted by atomic mass is 10.2. The molecule has 100 valence electrons. The number of anilines is 2. The molecule has 1 amide bonds. The molecular weight excluding hydrogens is 244 g/mol. The van der Waals surface area contributed by atoms with Crippen LogP contribution in [0.25, 0.3) is 0 Å². The van der Waals surface area contributed by atoms with E-state index in [9.17, 15) is 9.90 Å². The zero-order chi connectivity index (χ0) is 14.0. The maximum Gasteiger partial charge on any atom is 0.246 e. The molecule has 2 rings (SSSR count). The van der Waals surface area contributed by atoms with E-state index in [0.29, 0.717) is 11.5 Å². The third kappa shape index (κ3) is 3.04. The van der Waals surface area contributed by atoms with Gasteiger partial charge in [-0.1, -0.05) is 6.07 Å². The second-order valence-electron chi connectivity index (χ2n) is 4.46. The Labute approximate surface area is 110 Å². The highest BCUT2D eigenvalue weighted by Crippen LogP contribution is 2.23. The number of nitrogens with zero attached hydrogens (tertiary/aromatic N) is 2. The lowest BCUT2D eigenvalue weighted by molar-refractivity contribution is -0.116. The molecule has 4 N–H and O–H groups in total. The Morgan fingerprint density at radius 3 is 2.79 bits per heavy atom. The Morgan fingerprint density at radius 1 is 1.47 bits per heavy atom. The summed E-state index contributed by atoms with van der Waals surface area (Å²) in [4.78, 5) is 11.8. The number of nitrogen functional groups attached to an aromatic ring is 1. The Hall–Kier alpha value is -2.50. The van der Waals surface area contributed by atoms with Gasteiger partial charge in [0.1, 0.15) is 18.1 Å². The molecule has 0 aliphatic heterocycles. The molecule has 0 fully saturated rings. The molecule has 6 heteroatoms. The quantitative estimate of drug-likeness (QED) is 0.728. The van der Waals surface area contributed by atoms with E-state index in [1.807, 2.05) is 19.9 Å². The van der Waals surface area contributed by atoms with Crippen LogP contribution in [0.15, 0.2) is 24.4 Å². The standard InChI is InChI=1S/C13H16N4O2/c1-8-3-4-10(11(18)5-8)15-12(19)7-17-6-9(2)13(14)16-17/h3-6,18H,7H2,1-2H3,(H2,14,16)(H,15,19). The van der Waals surface area contributed by atoms with Gasteiger partial charge in [-0.2, -0.15) is 5.10 Å². The van der Waals surface area contributed by atoms with Crippen molar-refractivity contribution in [1.29, 1.82) is 0 Å². The summed E-state index contributed by atoms with van der Waals surface area (Å²) in [5.41, 5.74) is 7.74. The third-order valence-electron chi connectivity index (χ3n) is 2.72. The molecule has 1 aromatic heterocycles. The van der Waals surface area contributed by atoms with Gasteiger partial charge in [0, 0.05) is 11.8 Å². The fraction of sp³-hybridized carbons (Fsp3) is 0.231. The van der Waals surface area contributed by atoms with E-state index in [1.54, 1.807) is 18.3 Å². The van der Waals surface area contributed by atoms with Gasteiger partial charge in [0.15, 0.2) is 0 Å². The molecule has 0 aliphatic carbocycles. The molecule has 0 aliphatic rings. The number of aryl methyl sites for hydroxylation is 2. The first kappa shape index (κ1) is 12.9. The number of aromatic nitrogens is 2. The molecule has 0 atom stereocenters. The van der Waals surface area contributed by atoms with E-state index < -0.39 is 0 Å². The summed E-state index contributed by atoms with van der Waals surface area (Å²) in [6.45, 7) is 3.73. The highest BCUT2D eigenvalue weighted by molar-refractivity contribution is 5.92. The molecular formula is C13H16N4O2. The summed E-state index contributed by atoms with van der Waals surface area (Å²) in [5, 5.41) is 16.3. The molecule has 2 aromatic rings. The number of rotatable bonds is 3. The van der Waals surface area contributed by atoms with Crippen LogP contribution in [0.4, 0.5) is 11.5 Å². The molecule has 19 heavy (non-hydrogen) atoms. The van der Waals surface area contributed by atoms with Gasteiger partial charge in [0.05, 0.1) is 5.69 Å². The topological polar surface area (TPSA) is 93.2 Å². The molecule has 6 nitrogen and oxygen atoms in total. The summed E-state index contributed by atoms with van der Waals surface area (Å²) in [6, 6.07) is 5.06. The first-order valence-electron chi connectivity index (χ1n) is 5.84. The van der Waals surface area contributed by atoms with Crippen molar-refractivity contribution in [2.45, 2.75) is 20.4 Å². The van der Waals surface area contributed by atoms with Crippen LogP contribution in [-0.2, 0) is 11.3 Å². The van der Waals surface area contributed by atoms with Gasteiger partial charge in [-0.05, 0) is 31.5 Å². The first-order valence-corrected chi connectivity index (χ1v) is 5.84. The minimum atomic E-state index is -0.276. The van der Waals surface area contributed by atoms with Gasteiger partial charge in [-0.3, -0.25) is 9.48 Å². The van der Waals surface area contributed by atoms with E-state index in [-0.39, 0.29) is 18.2 Å². The average Bonchev–Trinajstić information content (AvgIpc) is 2.62. The lowest BCUT2D eigenvalue weighted by Crippen LogP contribution is -2.19. The molecule has 0 saturated carbocycles. The van der Waals surface area contributed by atoms with Crippen LogP contribution in [0.2, 0.25) is 0 Å². The monoisotopic (exact) mass is 260 g/mol. The normalized spacial score (nSPS) is 10.4. The summed E-state index contributed by atoms with van der Waals surface area (Å²) in [7, 11) is 0. The number of phenols is 1. The summed E-state index contributed by atoms with van der Waals surface area (Å²) < 4.78 is 1.46. The van der Waals surface area contributed by atoms with Gasteiger partial charge < -0.3 is 16.2 Å². The molecule has 0 radical (unpaired) electrons. The molecule has 1 aromatic carbocycles. The largest absolute Gasteiger partial charge is 0.506 e. The molecule has 0 unspecified atom stereocenters. The Kier molecular flexibility index (Phi) is 3.41. The van der Waals surface area contributed by atoms with E-state index >= 15 is 0 Å². The lowest BCUT2D eigenvalue weighted by Gasteiger charge is -2.08. The van der Waals surface area contributed by atoms with Crippen molar-refractivity contribution in [3.8, 4) is 5.75 Å². The van der Waals surface area contributed by atoms with E-state index in [2.05, 4.69) is 10.4 Å². The van der Waals surface area contributed by atoms with Crippen LogP contribution in [0.5, 0.6) is 5.75 Å². The van der Waals surface area contributed by atoms with E-state index in [0.717, 1.165) is 11.1 Å². The van der Waals surface area contributed by atoms with Crippen molar-refractivity contribution in [1.82, 2.24) is 9.78 Å². The maximum atomic E-state index is 11.8. The number of aromatic hydroxyl groups is 1. The number of hydrogen-bond donors (Lipinski definition) is 3. The van der Waals surface area contributed by atoms with Gasteiger partial charge in [-0.25, -0.2) is 0 Å². The number of benzene rings is 1. The number of amides is 1. The van der Waals surface area contributed by atoms with Crippen LogP contribution < -0.4 is 11.1 Å². The van der Waals surface area contributed by atoms with Crippen molar-refractivity contribution in [3.63, 3.8) is 0 Å². The minimum Gasteiger partial charge on any atom is -0.506 e. The van der Waals surface area contributed by atoms with Crippen LogP contribution in [0.3, 0.4) is 0 Å². The highest BCUT2D eigenvalue weighted by atomic mass is 16.3. The fourth-order valence-electron chi connectivity index (χ4n) is 1.70. The molecule has 0 spiro atoms. The maximum absolute atomic E-state index is 11.8. The van der Waals surface area contributed by atoms with Crippen molar-refractivity contribution >= 4 is 17.4 Å². The van der Waals surface area contributed by atoms with Crippen LogP contribution in [0, 0.1) is 13.8 Å². The zero-order valence-corrected chi connectivity index (χ0v) is 10.8. The number of hydrogen-bond acceptors (Lipinski definition) is 4. The number of phenolic OH excluding ortho intramolecular Hbond substituents is 1. The second-order valence-corrected chi connectivity index (χ2v) is 4.46. The fourth-order valence-corrected chi connectivity index (χ4v) is 1.70. The minimum absolute atomic E-state index is 0.0458. The van der Waals surface area contributed by atoms with E-state index in [4.69, 9.17) is 5.73 Å². The average molecular weight is 260 g/mol. The van der Waals surface area contributed by atoms with Crippen molar-refractivity contribution in [3.05, 3.63) is 35.5 Å². The number of nitrogens with one attached hydrogen (secondary N) is 1. The Bertz CT molecular complexity index is 600. The smallest absolute Gasteiger partial charge is 0.246 e. The van der Waals surface area contributed by atoms with Gasteiger partial charge in [0.25, 0.3) is 0 Å². The van der Waals surface area contributed by atoms with Crippen molar-refractivity contribution < 1.29 is 9.90 Å². The number of nitrogens with two attached hydrogens (primary N) is 1. The predicted molar refractivity (Wildman–Crippen MR) is 72.8 cm³/mol. The Morgan fingerprint density at radius 2 is 2.21 bits per heavy atom. The van der Waals surface area contributed by atoms with Crippen LogP contribution in [0.1, 0.15) is 11.1 Å². The Balaban J connectivity index is 2.05. The summed E-state index contributed by atoms with van der Waals surface area (Å²) in [5.74, 6) is 0.178. The first-order chi connectivity index (χ1) is 8.95. The predicted octanol–water partition coefficient (Wildman–Crippen LogP) is 1.43. The third-order valence-corrected chi connectivity index (χ3v) is 2.72. The van der Waals surface area contributed by atoms with Crippen molar-refractivity contribution in [2.75, 3.05) is 11.1 Å². The second kappa shape index (κ2) is 5.01. The van der Waals surface area contributed by atoms with Crippen LogP contribution in [-0.4, -0.2) is 20.8 Å². The highest BCUT2D eigenvalue weighted by Gasteiger charge is 2.09. The molecule has 0 saturated heterocycles. The molecule has 0 bridgehead atoms. The molecule has 1 heterocycles. The van der Waals surface area contributed by atoms with Crippen molar-refractivity contribution in [2.24, 2.45) is 0 Å². The summed E-state index contributed by atoms with van der Waals surface area (Å²) in [6.07, 6.45) is 1.70. The summed E-state index contributed by atoms with van der Waals surface area (Å²) >= 11 is 0.